The van der Waals surface area contributed by atoms with Crippen molar-refractivity contribution >= 4 is 17.7 Å². The van der Waals surface area contributed by atoms with Gasteiger partial charge in [-0.15, -0.1) is 0 Å². The van der Waals surface area contributed by atoms with Crippen molar-refractivity contribution in [1.29, 1.82) is 0 Å². The molecule has 0 amide bonds. The Labute approximate surface area is 82.9 Å². The Hall–Kier alpha value is -0.420. The molecule has 0 aromatic carbocycles. The molecule has 2 unspecified atom stereocenters. The van der Waals surface area contributed by atoms with Crippen molar-refractivity contribution in [3.63, 3.8) is 0 Å². The molecule has 0 aromatic heterocycles. The Morgan fingerprint density at radius 3 is 2.85 bits per heavy atom. The second kappa shape index (κ2) is 5.34. The van der Waals surface area contributed by atoms with Crippen LogP contribution in [-0.2, 0) is 0 Å². The van der Waals surface area contributed by atoms with Gasteiger partial charge in [0.1, 0.15) is 0 Å². The van der Waals surface area contributed by atoms with Gasteiger partial charge in [-0.25, -0.2) is 10.5 Å². The van der Waals surface area contributed by atoms with Crippen molar-refractivity contribution in [1.82, 2.24) is 5.48 Å². The van der Waals surface area contributed by atoms with Gasteiger partial charge in [0.05, 0.1) is 6.04 Å². The lowest BCUT2D eigenvalue weighted by molar-refractivity contribution is 0.231. The zero-order valence-electron chi connectivity index (χ0n) is 7.86. The van der Waals surface area contributed by atoms with Crippen molar-refractivity contribution in [3.8, 4) is 0 Å². The van der Waals surface area contributed by atoms with E-state index in [-0.39, 0.29) is 12.0 Å². The molecule has 1 aliphatic rings. The Bertz CT molecular complexity index is 186. The monoisotopic (exact) mass is 203 g/mol. The number of hydrogen-bond acceptors (Lipinski definition) is 3. The Kier molecular flexibility index (Phi) is 4.38. The minimum absolute atomic E-state index is 0.131. The number of nitrogens with two attached hydrogens (primary N) is 1. The second-order valence-electron chi connectivity index (χ2n) is 3.25. The summed E-state index contributed by atoms with van der Waals surface area (Å²) in [5, 5.41) is 9.07. The van der Waals surface area contributed by atoms with Crippen LogP contribution in [0.2, 0.25) is 0 Å². The average molecular weight is 203 g/mol. The number of hydrogen-bond donors (Lipinski definition) is 3. The van der Waals surface area contributed by atoms with E-state index in [4.69, 9.17) is 10.9 Å². The zero-order valence-corrected chi connectivity index (χ0v) is 8.68. The summed E-state index contributed by atoms with van der Waals surface area (Å²) in [7, 11) is 0. The third kappa shape index (κ3) is 3.08. The van der Waals surface area contributed by atoms with Gasteiger partial charge in [-0.05, 0) is 19.1 Å². The highest BCUT2D eigenvalue weighted by atomic mass is 32.2. The Balaban J connectivity index is 2.54. The van der Waals surface area contributed by atoms with Crippen LogP contribution in [0.15, 0.2) is 4.99 Å². The topological polar surface area (TPSA) is 70.6 Å². The Morgan fingerprint density at radius 1 is 1.54 bits per heavy atom. The molecule has 76 valence electrons. The summed E-state index contributed by atoms with van der Waals surface area (Å²) < 4.78 is 0. The third-order valence-corrected chi connectivity index (χ3v) is 3.55. The molecule has 0 radical (unpaired) electrons. The van der Waals surface area contributed by atoms with Crippen LogP contribution in [0.25, 0.3) is 0 Å². The summed E-state index contributed by atoms with van der Waals surface area (Å²) in [6, 6.07) is 0.267. The summed E-state index contributed by atoms with van der Waals surface area (Å²) in [6.07, 6.45) is 6.87. The van der Waals surface area contributed by atoms with E-state index in [1.165, 1.54) is 19.3 Å². The van der Waals surface area contributed by atoms with Crippen molar-refractivity contribution in [2.45, 2.75) is 37.0 Å². The van der Waals surface area contributed by atoms with Crippen LogP contribution in [0.1, 0.15) is 25.7 Å². The molecule has 0 heterocycles. The van der Waals surface area contributed by atoms with E-state index in [1.807, 2.05) is 17.2 Å². The minimum Gasteiger partial charge on any atom is -0.368 e. The van der Waals surface area contributed by atoms with Crippen LogP contribution >= 0.6 is 11.8 Å². The summed E-state index contributed by atoms with van der Waals surface area (Å²) in [5.74, 6) is 0.131. The SMILES string of the molecule is CSC1CCCCC1N=C(N)NO. The molecule has 0 spiro atoms. The predicted molar refractivity (Wildman–Crippen MR) is 56.1 cm³/mol. The van der Waals surface area contributed by atoms with Crippen LogP contribution in [0, 0.1) is 0 Å². The largest absolute Gasteiger partial charge is 0.368 e. The van der Waals surface area contributed by atoms with Crippen LogP contribution in [0.4, 0.5) is 0 Å². The summed E-state index contributed by atoms with van der Waals surface area (Å²) in [4.78, 5) is 4.22. The number of nitrogens with one attached hydrogen (secondary N) is 1. The summed E-state index contributed by atoms with van der Waals surface area (Å²) in [6.45, 7) is 0. The molecular formula is C8H17N3OS. The van der Waals surface area contributed by atoms with Crippen molar-refractivity contribution in [2.24, 2.45) is 10.7 Å². The van der Waals surface area contributed by atoms with Gasteiger partial charge in [-0.3, -0.25) is 5.21 Å². The molecular weight excluding hydrogens is 186 g/mol. The standard InChI is InChI=1S/C8H17N3OS/c1-13-7-5-3-2-4-6(7)10-8(9)11-12/h6-7,12H,2-5H2,1H3,(H3,9,10,11). The van der Waals surface area contributed by atoms with Crippen LogP contribution in [0.5, 0.6) is 0 Å². The highest BCUT2D eigenvalue weighted by Crippen LogP contribution is 2.29. The molecule has 1 saturated carbocycles. The number of aliphatic imine (C=N–C) groups is 1. The number of thioether (sulfide) groups is 1. The quantitative estimate of drug-likeness (QED) is 0.355. The molecule has 4 nitrogen and oxygen atoms in total. The van der Waals surface area contributed by atoms with Crippen molar-refractivity contribution in [2.75, 3.05) is 6.26 Å². The van der Waals surface area contributed by atoms with Gasteiger partial charge < -0.3 is 5.73 Å². The molecule has 0 aromatic rings. The maximum Gasteiger partial charge on any atom is 0.213 e. The first kappa shape index (κ1) is 10.7. The van der Waals surface area contributed by atoms with Gasteiger partial charge in [-0.1, -0.05) is 12.8 Å². The van der Waals surface area contributed by atoms with Gasteiger partial charge in [-0.2, -0.15) is 11.8 Å². The first-order valence-electron chi connectivity index (χ1n) is 4.54. The van der Waals surface area contributed by atoms with Crippen LogP contribution in [0.3, 0.4) is 0 Å². The van der Waals surface area contributed by atoms with Crippen molar-refractivity contribution < 1.29 is 5.21 Å². The van der Waals surface area contributed by atoms with Gasteiger partial charge >= 0.3 is 0 Å². The van der Waals surface area contributed by atoms with Gasteiger partial charge in [0, 0.05) is 5.25 Å². The number of hydroxylamine groups is 1. The molecule has 2 atom stereocenters. The molecule has 4 N–H and O–H groups in total. The van der Waals surface area contributed by atoms with E-state index in [9.17, 15) is 0 Å². The summed E-state index contributed by atoms with van der Waals surface area (Å²) in [5.41, 5.74) is 7.28. The van der Waals surface area contributed by atoms with E-state index in [0.717, 1.165) is 6.42 Å². The predicted octanol–water partition coefficient (Wildman–Crippen LogP) is 0.954. The fraction of sp³-hybridized carbons (Fsp3) is 0.875. The number of rotatable bonds is 2. The molecule has 1 aliphatic carbocycles. The fourth-order valence-corrected chi connectivity index (χ4v) is 2.62. The Morgan fingerprint density at radius 2 is 2.23 bits per heavy atom. The molecule has 5 heteroatoms. The minimum atomic E-state index is 0.131. The molecule has 1 fully saturated rings. The van der Waals surface area contributed by atoms with E-state index >= 15 is 0 Å². The van der Waals surface area contributed by atoms with E-state index < -0.39 is 0 Å². The maximum absolute atomic E-state index is 8.51. The molecule has 13 heavy (non-hydrogen) atoms. The number of guanidine groups is 1. The van der Waals surface area contributed by atoms with Crippen LogP contribution < -0.4 is 11.2 Å². The molecule has 1 rings (SSSR count). The first-order valence-corrected chi connectivity index (χ1v) is 5.83. The summed E-state index contributed by atoms with van der Waals surface area (Å²) >= 11 is 1.83. The average Bonchev–Trinajstić information content (AvgIpc) is 2.18. The smallest absolute Gasteiger partial charge is 0.213 e. The molecule has 0 bridgehead atoms. The highest BCUT2D eigenvalue weighted by molar-refractivity contribution is 7.99. The lowest BCUT2D eigenvalue weighted by Gasteiger charge is -2.27. The van der Waals surface area contributed by atoms with Crippen LogP contribution in [-0.4, -0.2) is 28.7 Å². The number of nitrogens with zero attached hydrogens (tertiary/aromatic N) is 1. The van der Waals surface area contributed by atoms with Gasteiger partial charge in [0.2, 0.25) is 5.96 Å². The second-order valence-corrected chi connectivity index (χ2v) is 4.33. The van der Waals surface area contributed by atoms with E-state index in [0.29, 0.717) is 5.25 Å². The zero-order chi connectivity index (χ0) is 9.68. The lowest BCUT2D eigenvalue weighted by atomic mass is 9.95. The molecule has 0 saturated heterocycles. The normalized spacial score (nSPS) is 30.2. The lowest BCUT2D eigenvalue weighted by Crippen LogP contribution is -2.34. The van der Waals surface area contributed by atoms with Gasteiger partial charge in [0.15, 0.2) is 0 Å². The molecule has 0 aliphatic heterocycles. The third-order valence-electron chi connectivity index (χ3n) is 2.39. The maximum atomic E-state index is 8.51. The fourth-order valence-electron chi connectivity index (χ4n) is 1.71. The highest BCUT2D eigenvalue weighted by Gasteiger charge is 2.23. The van der Waals surface area contributed by atoms with E-state index in [1.54, 1.807) is 0 Å². The van der Waals surface area contributed by atoms with Crippen molar-refractivity contribution in [3.05, 3.63) is 0 Å². The first-order chi connectivity index (χ1) is 6.27. The van der Waals surface area contributed by atoms with Gasteiger partial charge in [0.25, 0.3) is 0 Å². The van der Waals surface area contributed by atoms with E-state index in [2.05, 4.69) is 11.2 Å².